The van der Waals surface area contributed by atoms with Crippen LogP contribution in [0.4, 0.5) is 17.1 Å². The predicted molar refractivity (Wildman–Crippen MR) is 208 cm³/mol. The van der Waals surface area contributed by atoms with Crippen molar-refractivity contribution in [1.29, 1.82) is 0 Å². The lowest BCUT2D eigenvalue weighted by atomic mass is 10.0. The van der Waals surface area contributed by atoms with Gasteiger partial charge in [-0.15, -0.1) is 0 Å². The second-order valence-electron chi connectivity index (χ2n) is 12.9. The van der Waals surface area contributed by atoms with Gasteiger partial charge < -0.3 is 18.3 Å². The molecule has 0 radical (unpaired) electrons. The highest BCUT2D eigenvalue weighted by molar-refractivity contribution is 6.21. The van der Waals surface area contributed by atoms with Gasteiger partial charge in [0.15, 0.2) is 5.58 Å². The highest BCUT2D eigenvalue weighted by Crippen LogP contribution is 2.47. The molecule has 11 aromatic rings. The van der Waals surface area contributed by atoms with Crippen LogP contribution in [0.1, 0.15) is 0 Å². The van der Waals surface area contributed by atoms with Crippen molar-refractivity contribution in [3.05, 3.63) is 170 Å². The van der Waals surface area contributed by atoms with E-state index in [-0.39, 0.29) is 0 Å². The topological polar surface area (TPSA) is 34.5 Å². The van der Waals surface area contributed by atoms with E-state index in [1.807, 2.05) is 24.3 Å². The van der Waals surface area contributed by atoms with E-state index in [4.69, 9.17) is 8.83 Å². The van der Waals surface area contributed by atoms with Crippen molar-refractivity contribution < 1.29 is 8.83 Å². The standard InChI is InChI=1S/C46H28N2O2/c1-2-13-30(14-3-1)47-38-19-7-4-15-32(38)33-27-25-31(28-41(33)47)48(40-21-11-18-36-34-16-5-8-22-42(34)49-45(36)40)39-20-10-12-29-24-26-37-35-17-6-9-23-43(35)50-46(37)44(29)39/h1-28H. The van der Waals surface area contributed by atoms with E-state index in [2.05, 4.69) is 155 Å². The van der Waals surface area contributed by atoms with Gasteiger partial charge in [0.1, 0.15) is 16.7 Å². The van der Waals surface area contributed by atoms with Crippen LogP contribution in [0.5, 0.6) is 0 Å². The summed E-state index contributed by atoms with van der Waals surface area (Å²) in [4.78, 5) is 2.35. The normalized spacial score (nSPS) is 12.0. The maximum absolute atomic E-state index is 6.71. The number of benzene rings is 8. The molecule has 3 heterocycles. The van der Waals surface area contributed by atoms with Crippen molar-refractivity contribution in [1.82, 2.24) is 4.57 Å². The van der Waals surface area contributed by atoms with Gasteiger partial charge in [-0.3, -0.25) is 0 Å². The van der Waals surface area contributed by atoms with Crippen LogP contribution in [0.2, 0.25) is 0 Å². The van der Waals surface area contributed by atoms with E-state index in [1.54, 1.807) is 0 Å². The maximum atomic E-state index is 6.71. The zero-order chi connectivity index (χ0) is 32.8. The van der Waals surface area contributed by atoms with Crippen LogP contribution < -0.4 is 4.90 Å². The lowest BCUT2D eigenvalue weighted by Crippen LogP contribution is -2.11. The molecule has 0 bridgehead atoms. The van der Waals surface area contributed by atoms with Crippen molar-refractivity contribution in [3.8, 4) is 5.69 Å². The van der Waals surface area contributed by atoms with E-state index in [9.17, 15) is 0 Å². The number of hydrogen-bond donors (Lipinski definition) is 0. The van der Waals surface area contributed by atoms with Gasteiger partial charge in [-0.05, 0) is 66.0 Å². The Morgan fingerprint density at radius 3 is 1.82 bits per heavy atom. The van der Waals surface area contributed by atoms with Crippen LogP contribution in [-0.2, 0) is 0 Å². The fourth-order valence-electron chi connectivity index (χ4n) is 7.99. The molecule has 0 amide bonds. The summed E-state index contributed by atoms with van der Waals surface area (Å²) in [6.07, 6.45) is 0. The average molecular weight is 641 g/mol. The Balaban J connectivity index is 1.28. The summed E-state index contributed by atoms with van der Waals surface area (Å²) >= 11 is 0. The fraction of sp³-hybridized carbons (Fsp3) is 0. The largest absolute Gasteiger partial charge is 0.455 e. The summed E-state index contributed by atoms with van der Waals surface area (Å²) in [5.74, 6) is 0. The molecule has 3 aromatic heterocycles. The van der Waals surface area contributed by atoms with Crippen LogP contribution in [0.25, 0.3) is 82.1 Å². The zero-order valence-corrected chi connectivity index (χ0v) is 26.9. The number of nitrogens with zero attached hydrogens (tertiary/aromatic N) is 2. The second kappa shape index (κ2) is 10.4. The zero-order valence-electron chi connectivity index (χ0n) is 26.9. The van der Waals surface area contributed by atoms with Gasteiger partial charge in [-0.1, -0.05) is 109 Å². The number of fused-ring (bicyclic) bond motifs is 11. The van der Waals surface area contributed by atoms with Crippen LogP contribution in [0.3, 0.4) is 0 Å². The molecule has 50 heavy (non-hydrogen) atoms. The summed E-state index contributed by atoms with van der Waals surface area (Å²) in [7, 11) is 0. The van der Waals surface area contributed by atoms with E-state index in [0.717, 1.165) is 82.9 Å². The first kappa shape index (κ1) is 27.2. The Bertz CT molecular complexity index is 3110. The molecule has 0 saturated carbocycles. The molecule has 0 atom stereocenters. The summed E-state index contributed by atoms with van der Waals surface area (Å²) < 4.78 is 15.8. The SMILES string of the molecule is c1ccc(-n2c3ccccc3c3ccc(N(c4cccc5c4oc4ccccc45)c4cccc5ccc6c7ccccc7oc6c45)cc32)cc1. The smallest absolute Gasteiger partial charge is 0.159 e. The molecule has 11 rings (SSSR count). The van der Waals surface area contributed by atoms with Crippen LogP contribution in [0.15, 0.2) is 179 Å². The first-order valence-electron chi connectivity index (χ1n) is 16.9. The molecule has 0 aliphatic rings. The Labute approximate surface area is 286 Å². The maximum Gasteiger partial charge on any atom is 0.159 e. The quantitative estimate of drug-likeness (QED) is 0.192. The third kappa shape index (κ3) is 3.81. The lowest BCUT2D eigenvalue weighted by Gasteiger charge is -2.27. The summed E-state index contributed by atoms with van der Waals surface area (Å²) in [6, 6.07) is 60.0. The lowest BCUT2D eigenvalue weighted by molar-refractivity contribution is 0.669. The highest BCUT2D eigenvalue weighted by Gasteiger charge is 2.24. The fourth-order valence-corrected chi connectivity index (χ4v) is 7.99. The number of aromatic nitrogens is 1. The van der Waals surface area contributed by atoms with Crippen molar-refractivity contribution >= 4 is 93.5 Å². The molecule has 4 heteroatoms. The minimum absolute atomic E-state index is 0.839. The third-order valence-electron chi connectivity index (χ3n) is 10.2. The molecular weight excluding hydrogens is 613 g/mol. The molecule has 0 aliphatic heterocycles. The van der Waals surface area contributed by atoms with E-state index < -0.39 is 0 Å². The Morgan fingerprint density at radius 1 is 0.400 bits per heavy atom. The molecule has 0 spiro atoms. The number of para-hydroxylation sites is 5. The molecule has 0 saturated heterocycles. The van der Waals surface area contributed by atoms with E-state index >= 15 is 0 Å². The first-order chi connectivity index (χ1) is 24.8. The predicted octanol–water partition coefficient (Wildman–Crippen LogP) is 13.2. The van der Waals surface area contributed by atoms with Gasteiger partial charge in [0.05, 0.1) is 22.4 Å². The summed E-state index contributed by atoms with van der Waals surface area (Å²) in [5.41, 5.74) is 9.88. The van der Waals surface area contributed by atoms with E-state index in [1.165, 1.54) is 16.3 Å². The monoisotopic (exact) mass is 640 g/mol. The van der Waals surface area contributed by atoms with Crippen LogP contribution in [0, 0.1) is 0 Å². The molecular formula is C46H28N2O2. The number of anilines is 3. The highest BCUT2D eigenvalue weighted by atomic mass is 16.3. The average Bonchev–Trinajstić information content (AvgIpc) is 3.85. The van der Waals surface area contributed by atoms with Crippen LogP contribution >= 0.6 is 0 Å². The second-order valence-corrected chi connectivity index (χ2v) is 12.9. The number of hydrogen-bond acceptors (Lipinski definition) is 3. The first-order valence-corrected chi connectivity index (χ1v) is 16.9. The van der Waals surface area contributed by atoms with Gasteiger partial charge in [-0.25, -0.2) is 0 Å². The van der Waals surface area contributed by atoms with Crippen LogP contribution in [-0.4, -0.2) is 4.57 Å². The Morgan fingerprint density at radius 2 is 1.00 bits per heavy atom. The van der Waals surface area contributed by atoms with Gasteiger partial charge in [0.25, 0.3) is 0 Å². The van der Waals surface area contributed by atoms with Gasteiger partial charge in [0.2, 0.25) is 0 Å². The molecule has 0 fully saturated rings. The van der Waals surface area contributed by atoms with Crippen molar-refractivity contribution in [2.75, 3.05) is 4.90 Å². The molecule has 234 valence electrons. The summed E-state index contributed by atoms with van der Waals surface area (Å²) in [5, 5.41) is 8.97. The Hall–Kier alpha value is -6.78. The number of furan rings is 2. The minimum atomic E-state index is 0.839. The van der Waals surface area contributed by atoms with Crippen molar-refractivity contribution in [2.24, 2.45) is 0 Å². The van der Waals surface area contributed by atoms with Gasteiger partial charge in [-0.2, -0.15) is 0 Å². The van der Waals surface area contributed by atoms with E-state index in [0.29, 0.717) is 0 Å². The number of rotatable bonds is 4. The minimum Gasteiger partial charge on any atom is -0.455 e. The van der Waals surface area contributed by atoms with Gasteiger partial charge in [0, 0.05) is 49.1 Å². The summed E-state index contributed by atoms with van der Waals surface area (Å²) in [6.45, 7) is 0. The van der Waals surface area contributed by atoms with Gasteiger partial charge >= 0.3 is 0 Å². The molecule has 0 aliphatic carbocycles. The molecule has 0 unspecified atom stereocenters. The molecule has 0 N–H and O–H groups in total. The van der Waals surface area contributed by atoms with Crippen molar-refractivity contribution in [2.45, 2.75) is 0 Å². The Kier molecular flexibility index (Phi) is 5.63. The third-order valence-corrected chi connectivity index (χ3v) is 10.2. The molecule has 4 nitrogen and oxygen atoms in total. The van der Waals surface area contributed by atoms with Crippen molar-refractivity contribution in [3.63, 3.8) is 0 Å². The molecule has 8 aromatic carbocycles.